The molecule has 2 aromatic rings. The van der Waals surface area contributed by atoms with E-state index in [1.165, 1.54) is 0 Å². The second kappa shape index (κ2) is 7.23. The molecule has 124 valence electrons. The first-order valence-electron chi connectivity index (χ1n) is 7.98. The Morgan fingerprint density at radius 1 is 1.26 bits per heavy atom. The molecule has 1 aliphatic rings. The second-order valence-corrected chi connectivity index (χ2v) is 6.47. The first kappa shape index (κ1) is 16.1. The van der Waals surface area contributed by atoms with Crippen molar-refractivity contribution in [3.8, 4) is 5.75 Å². The van der Waals surface area contributed by atoms with Crippen LogP contribution in [0.25, 0.3) is 0 Å². The maximum Gasteiger partial charge on any atom is 0.142 e. The highest BCUT2D eigenvalue weighted by atomic mass is 35.5. The number of aryl methyl sites for hydroxylation is 1. The highest BCUT2D eigenvalue weighted by Gasteiger charge is 2.19. The summed E-state index contributed by atoms with van der Waals surface area (Å²) in [5.41, 5.74) is 1.82. The molecule has 0 amide bonds. The summed E-state index contributed by atoms with van der Waals surface area (Å²) >= 11 is 6.16. The average molecular weight is 335 g/mol. The van der Waals surface area contributed by atoms with E-state index in [0.29, 0.717) is 11.6 Å². The minimum Gasteiger partial charge on any atom is -0.488 e. The Morgan fingerprint density at radius 2 is 2.00 bits per heavy atom. The van der Waals surface area contributed by atoms with Gasteiger partial charge in [0.2, 0.25) is 0 Å². The fourth-order valence-electron chi connectivity index (χ4n) is 2.80. The largest absolute Gasteiger partial charge is 0.488 e. The summed E-state index contributed by atoms with van der Waals surface area (Å²) < 4.78 is 7.93. The van der Waals surface area contributed by atoms with Gasteiger partial charge in [-0.3, -0.25) is 4.68 Å². The lowest BCUT2D eigenvalue weighted by molar-refractivity contribution is 0.115. The van der Waals surface area contributed by atoms with Gasteiger partial charge in [0, 0.05) is 26.3 Å². The molecule has 1 N–H and O–H groups in total. The molecule has 2 heterocycles. The minimum atomic E-state index is 0.285. The fourth-order valence-corrected chi connectivity index (χ4v) is 3.05. The van der Waals surface area contributed by atoms with Crippen molar-refractivity contribution >= 4 is 17.3 Å². The van der Waals surface area contributed by atoms with E-state index in [1.807, 2.05) is 31.3 Å². The van der Waals surface area contributed by atoms with Gasteiger partial charge in [0.05, 0.1) is 17.3 Å². The number of nitrogens with one attached hydrogen (secondary N) is 1. The van der Waals surface area contributed by atoms with Gasteiger partial charge in [0.15, 0.2) is 0 Å². The molecule has 0 saturated carbocycles. The quantitative estimate of drug-likeness (QED) is 0.912. The van der Waals surface area contributed by atoms with Crippen LogP contribution in [0.3, 0.4) is 0 Å². The minimum absolute atomic E-state index is 0.285. The molecular weight excluding hydrogens is 312 g/mol. The summed E-state index contributed by atoms with van der Waals surface area (Å²) in [4.78, 5) is 2.34. The fraction of sp³-hybridized carbons (Fsp3) is 0.471. The molecule has 1 aliphatic heterocycles. The first-order valence-corrected chi connectivity index (χ1v) is 8.36. The molecule has 0 atom stereocenters. The first-order chi connectivity index (χ1) is 11.1. The third kappa shape index (κ3) is 4.18. The number of likely N-dealkylation sites (tertiary alicyclic amines) is 1. The van der Waals surface area contributed by atoms with E-state index in [0.717, 1.165) is 43.1 Å². The number of hydrogen-bond donors (Lipinski definition) is 1. The lowest BCUT2D eigenvalue weighted by atomic mass is 10.1. The van der Waals surface area contributed by atoms with Crippen LogP contribution in [0.2, 0.25) is 5.02 Å². The van der Waals surface area contributed by atoms with Crippen LogP contribution in [0.5, 0.6) is 5.75 Å². The van der Waals surface area contributed by atoms with Crippen molar-refractivity contribution in [3.63, 3.8) is 0 Å². The molecular formula is C17H23ClN4O. The molecule has 0 unspecified atom stereocenters. The number of ether oxygens (including phenoxy) is 1. The molecule has 5 nitrogen and oxygen atoms in total. The topological polar surface area (TPSA) is 42.3 Å². The maximum absolute atomic E-state index is 6.21. The number of anilines is 1. The van der Waals surface area contributed by atoms with Gasteiger partial charge in [-0.2, -0.15) is 5.10 Å². The number of benzene rings is 1. The van der Waals surface area contributed by atoms with E-state index in [-0.39, 0.29) is 6.10 Å². The summed E-state index contributed by atoms with van der Waals surface area (Å²) in [7, 11) is 4.02. The SMILES string of the molecule is CN1CCC(Oc2ccccc2NCc2nn(C)cc2Cl)CC1. The van der Waals surface area contributed by atoms with Crippen molar-refractivity contribution in [2.24, 2.45) is 7.05 Å². The molecule has 1 saturated heterocycles. The van der Waals surface area contributed by atoms with E-state index >= 15 is 0 Å². The van der Waals surface area contributed by atoms with Crippen LogP contribution in [0.15, 0.2) is 30.5 Å². The third-order valence-corrected chi connectivity index (χ3v) is 4.46. The average Bonchev–Trinajstić information content (AvgIpc) is 2.86. The standard InChI is InChI=1S/C17H23ClN4O/c1-21-9-7-13(8-10-21)23-17-6-4-3-5-15(17)19-11-16-14(18)12-22(2)20-16/h3-6,12-13,19H,7-11H2,1-2H3. The summed E-state index contributed by atoms with van der Waals surface area (Å²) in [5.74, 6) is 0.897. The molecule has 6 heteroatoms. The van der Waals surface area contributed by atoms with E-state index < -0.39 is 0 Å². The van der Waals surface area contributed by atoms with Gasteiger partial charge < -0.3 is 15.0 Å². The van der Waals surface area contributed by atoms with Crippen molar-refractivity contribution in [2.75, 3.05) is 25.5 Å². The monoisotopic (exact) mass is 334 g/mol. The van der Waals surface area contributed by atoms with Gasteiger partial charge in [0.1, 0.15) is 17.5 Å². The van der Waals surface area contributed by atoms with Gasteiger partial charge in [-0.15, -0.1) is 0 Å². The molecule has 1 aromatic heterocycles. The van der Waals surface area contributed by atoms with Crippen molar-refractivity contribution < 1.29 is 4.74 Å². The van der Waals surface area contributed by atoms with Crippen LogP contribution in [0, 0.1) is 0 Å². The smallest absolute Gasteiger partial charge is 0.142 e. The normalized spacial score (nSPS) is 16.5. The predicted molar refractivity (Wildman–Crippen MR) is 93.1 cm³/mol. The Morgan fingerprint density at radius 3 is 2.70 bits per heavy atom. The molecule has 1 fully saturated rings. The van der Waals surface area contributed by atoms with Crippen LogP contribution in [0.1, 0.15) is 18.5 Å². The third-order valence-electron chi connectivity index (χ3n) is 4.15. The zero-order valence-electron chi connectivity index (χ0n) is 13.6. The van der Waals surface area contributed by atoms with Gasteiger partial charge in [-0.25, -0.2) is 0 Å². The summed E-state index contributed by atoms with van der Waals surface area (Å²) in [5, 5.41) is 8.42. The van der Waals surface area contributed by atoms with E-state index in [1.54, 1.807) is 10.9 Å². The number of halogens is 1. The van der Waals surface area contributed by atoms with Crippen LogP contribution < -0.4 is 10.1 Å². The molecule has 0 spiro atoms. The molecule has 1 aromatic carbocycles. The second-order valence-electron chi connectivity index (χ2n) is 6.07. The molecule has 0 bridgehead atoms. The predicted octanol–water partition coefficient (Wildman–Crippen LogP) is 3.16. The van der Waals surface area contributed by atoms with Gasteiger partial charge in [-0.1, -0.05) is 23.7 Å². The number of piperidine rings is 1. The highest BCUT2D eigenvalue weighted by Crippen LogP contribution is 2.28. The van der Waals surface area contributed by atoms with E-state index in [2.05, 4.69) is 22.4 Å². The molecule has 23 heavy (non-hydrogen) atoms. The number of nitrogens with zero attached hydrogens (tertiary/aromatic N) is 3. The zero-order chi connectivity index (χ0) is 16.2. The van der Waals surface area contributed by atoms with Crippen LogP contribution in [-0.4, -0.2) is 40.9 Å². The van der Waals surface area contributed by atoms with Crippen molar-refractivity contribution in [1.82, 2.24) is 14.7 Å². The van der Waals surface area contributed by atoms with Crippen LogP contribution >= 0.6 is 11.6 Å². The molecule has 0 aliphatic carbocycles. The highest BCUT2D eigenvalue weighted by molar-refractivity contribution is 6.31. The summed E-state index contributed by atoms with van der Waals surface area (Å²) in [6, 6.07) is 8.05. The molecule has 0 radical (unpaired) electrons. The zero-order valence-corrected chi connectivity index (χ0v) is 14.4. The van der Waals surface area contributed by atoms with Gasteiger partial charge in [0.25, 0.3) is 0 Å². The Balaban J connectivity index is 1.64. The summed E-state index contributed by atoms with van der Waals surface area (Å²) in [6.07, 6.45) is 4.22. The van der Waals surface area contributed by atoms with Gasteiger partial charge in [-0.05, 0) is 32.0 Å². The van der Waals surface area contributed by atoms with Crippen LogP contribution in [-0.2, 0) is 13.6 Å². The van der Waals surface area contributed by atoms with Crippen molar-refractivity contribution in [3.05, 3.63) is 41.2 Å². The van der Waals surface area contributed by atoms with E-state index in [4.69, 9.17) is 16.3 Å². The van der Waals surface area contributed by atoms with Crippen molar-refractivity contribution in [2.45, 2.75) is 25.5 Å². The Hall–Kier alpha value is -1.72. The lowest BCUT2D eigenvalue weighted by Gasteiger charge is -2.30. The number of aromatic nitrogens is 2. The lowest BCUT2D eigenvalue weighted by Crippen LogP contribution is -2.35. The Bertz CT molecular complexity index is 650. The van der Waals surface area contributed by atoms with Crippen LogP contribution in [0.4, 0.5) is 5.69 Å². The van der Waals surface area contributed by atoms with E-state index in [9.17, 15) is 0 Å². The Kier molecular flexibility index (Phi) is 5.08. The number of rotatable bonds is 5. The maximum atomic E-state index is 6.21. The van der Waals surface area contributed by atoms with Crippen molar-refractivity contribution in [1.29, 1.82) is 0 Å². The van der Waals surface area contributed by atoms with Gasteiger partial charge >= 0.3 is 0 Å². The number of hydrogen-bond acceptors (Lipinski definition) is 4. The number of para-hydroxylation sites is 2. The Labute approximate surface area is 142 Å². The summed E-state index contributed by atoms with van der Waals surface area (Å²) in [6.45, 7) is 2.75. The molecule has 3 rings (SSSR count).